The standard InChI is InChI=1S/C10H19N3O3/c1-6(7(2)11)10(15)13-3-4-16-5-8(13)9(12)14/h6-8H,3-5,11H2,1-2H3,(H2,12,14). The number of primary amides is 1. The SMILES string of the molecule is CC(N)C(C)C(=O)N1CCOCC1C(N)=O. The Hall–Kier alpha value is -1.14. The van der Waals surface area contributed by atoms with Gasteiger partial charge in [-0.25, -0.2) is 0 Å². The molecule has 1 saturated heterocycles. The lowest BCUT2D eigenvalue weighted by Gasteiger charge is -2.35. The largest absolute Gasteiger partial charge is 0.377 e. The number of hydrogen-bond acceptors (Lipinski definition) is 4. The van der Waals surface area contributed by atoms with Crippen LogP contribution in [-0.4, -0.2) is 48.6 Å². The molecule has 6 nitrogen and oxygen atoms in total. The molecule has 16 heavy (non-hydrogen) atoms. The van der Waals surface area contributed by atoms with Gasteiger partial charge in [0.15, 0.2) is 0 Å². The maximum absolute atomic E-state index is 12.0. The number of carbonyl (C=O) groups is 2. The number of amides is 2. The Bertz CT molecular complexity index is 280. The van der Waals surface area contributed by atoms with Crippen LogP contribution in [0.15, 0.2) is 0 Å². The third-order valence-electron chi connectivity index (χ3n) is 2.92. The quantitative estimate of drug-likeness (QED) is 0.627. The first-order valence-corrected chi connectivity index (χ1v) is 5.38. The smallest absolute Gasteiger partial charge is 0.242 e. The molecule has 4 N–H and O–H groups in total. The van der Waals surface area contributed by atoms with Gasteiger partial charge in [-0.2, -0.15) is 0 Å². The molecule has 1 fully saturated rings. The molecule has 1 aliphatic rings. The predicted molar refractivity (Wildman–Crippen MR) is 58.3 cm³/mol. The maximum Gasteiger partial charge on any atom is 0.242 e. The Balaban J connectivity index is 2.75. The van der Waals surface area contributed by atoms with Gasteiger partial charge in [0, 0.05) is 12.6 Å². The van der Waals surface area contributed by atoms with Crippen molar-refractivity contribution in [1.82, 2.24) is 4.90 Å². The van der Waals surface area contributed by atoms with Crippen molar-refractivity contribution in [3.8, 4) is 0 Å². The van der Waals surface area contributed by atoms with Gasteiger partial charge in [0.1, 0.15) is 6.04 Å². The Labute approximate surface area is 94.9 Å². The number of ether oxygens (including phenoxy) is 1. The van der Waals surface area contributed by atoms with Gasteiger partial charge in [0.25, 0.3) is 0 Å². The van der Waals surface area contributed by atoms with E-state index in [1.54, 1.807) is 13.8 Å². The molecule has 6 heteroatoms. The molecular formula is C10H19N3O3. The monoisotopic (exact) mass is 229 g/mol. The summed E-state index contributed by atoms with van der Waals surface area (Å²) in [6, 6.07) is -0.911. The topological polar surface area (TPSA) is 98.7 Å². The molecule has 92 valence electrons. The lowest BCUT2D eigenvalue weighted by atomic mass is 10.0. The summed E-state index contributed by atoms with van der Waals surface area (Å²) >= 11 is 0. The van der Waals surface area contributed by atoms with Crippen LogP contribution in [0.2, 0.25) is 0 Å². The molecule has 0 aliphatic carbocycles. The Morgan fingerprint density at radius 1 is 1.44 bits per heavy atom. The van der Waals surface area contributed by atoms with Crippen molar-refractivity contribution in [2.75, 3.05) is 19.8 Å². The van der Waals surface area contributed by atoms with Crippen LogP contribution in [0.4, 0.5) is 0 Å². The second-order valence-electron chi connectivity index (χ2n) is 4.17. The molecule has 3 atom stereocenters. The van der Waals surface area contributed by atoms with Gasteiger partial charge < -0.3 is 21.1 Å². The van der Waals surface area contributed by atoms with Gasteiger partial charge in [0.05, 0.1) is 19.1 Å². The van der Waals surface area contributed by atoms with E-state index in [1.165, 1.54) is 4.90 Å². The first-order valence-electron chi connectivity index (χ1n) is 5.38. The van der Waals surface area contributed by atoms with Gasteiger partial charge in [-0.3, -0.25) is 9.59 Å². The van der Waals surface area contributed by atoms with Crippen LogP contribution in [-0.2, 0) is 14.3 Å². The molecule has 0 spiro atoms. The second kappa shape index (κ2) is 5.27. The van der Waals surface area contributed by atoms with E-state index in [1.807, 2.05) is 0 Å². The minimum Gasteiger partial charge on any atom is -0.377 e. The molecule has 0 aromatic rings. The Kier molecular flexibility index (Phi) is 4.26. The van der Waals surface area contributed by atoms with E-state index in [4.69, 9.17) is 16.2 Å². The summed E-state index contributed by atoms with van der Waals surface area (Å²) in [5.74, 6) is -0.994. The average molecular weight is 229 g/mol. The van der Waals surface area contributed by atoms with Crippen LogP contribution in [0.5, 0.6) is 0 Å². The van der Waals surface area contributed by atoms with Crippen molar-refractivity contribution in [1.29, 1.82) is 0 Å². The number of nitrogens with two attached hydrogens (primary N) is 2. The number of morpholine rings is 1. The van der Waals surface area contributed by atoms with Crippen molar-refractivity contribution >= 4 is 11.8 Å². The highest BCUT2D eigenvalue weighted by molar-refractivity contribution is 5.88. The molecule has 0 radical (unpaired) electrons. The highest BCUT2D eigenvalue weighted by Crippen LogP contribution is 2.13. The first kappa shape index (κ1) is 12.9. The Morgan fingerprint density at radius 2 is 2.06 bits per heavy atom. The lowest BCUT2D eigenvalue weighted by molar-refractivity contribution is -0.150. The maximum atomic E-state index is 12.0. The highest BCUT2D eigenvalue weighted by atomic mass is 16.5. The van der Waals surface area contributed by atoms with E-state index < -0.39 is 11.9 Å². The van der Waals surface area contributed by atoms with E-state index in [-0.39, 0.29) is 24.5 Å². The summed E-state index contributed by atoms with van der Waals surface area (Å²) in [5, 5.41) is 0. The highest BCUT2D eigenvalue weighted by Gasteiger charge is 2.34. The van der Waals surface area contributed by atoms with Crippen LogP contribution in [0.25, 0.3) is 0 Å². The third kappa shape index (κ3) is 2.70. The van der Waals surface area contributed by atoms with Crippen LogP contribution in [0, 0.1) is 5.92 Å². The summed E-state index contributed by atoms with van der Waals surface area (Å²) in [7, 11) is 0. The summed E-state index contributed by atoms with van der Waals surface area (Å²) in [5.41, 5.74) is 10.9. The van der Waals surface area contributed by atoms with Crippen LogP contribution in [0.3, 0.4) is 0 Å². The second-order valence-corrected chi connectivity index (χ2v) is 4.17. The number of carbonyl (C=O) groups excluding carboxylic acids is 2. The van der Waals surface area contributed by atoms with Gasteiger partial charge in [-0.1, -0.05) is 6.92 Å². The van der Waals surface area contributed by atoms with Crippen molar-refractivity contribution in [3.63, 3.8) is 0 Å². The molecule has 0 aromatic carbocycles. The summed E-state index contributed by atoms with van der Waals surface area (Å²) < 4.78 is 5.14. The zero-order valence-corrected chi connectivity index (χ0v) is 9.68. The van der Waals surface area contributed by atoms with Crippen molar-refractivity contribution in [2.45, 2.75) is 25.9 Å². The van der Waals surface area contributed by atoms with E-state index in [9.17, 15) is 9.59 Å². The van der Waals surface area contributed by atoms with Crippen molar-refractivity contribution in [2.24, 2.45) is 17.4 Å². The zero-order chi connectivity index (χ0) is 12.3. The van der Waals surface area contributed by atoms with E-state index >= 15 is 0 Å². The van der Waals surface area contributed by atoms with Crippen LogP contribution in [0.1, 0.15) is 13.8 Å². The van der Waals surface area contributed by atoms with Gasteiger partial charge >= 0.3 is 0 Å². The fraction of sp³-hybridized carbons (Fsp3) is 0.800. The average Bonchev–Trinajstić information content (AvgIpc) is 2.26. The minimum absolute atomic E-state index is 0.137. The predicted octanol–water partition coefficient (Wildman–Crippen LogP) is -1.32. The van der Waals surface area contributed by atoms with Crippen molar-refractivity contribution in [3.05, 3.63) is 0 Å². The molecule has 1 aliphatic heterocycles. The molecule has 0 bridgehead atoms. The van der Waals surface area contributed by atoms with Crippen LogP contribution < -0.4 is 11.5 Å². The molecule has 1 heterocycles. The summed E-state index contributed by atoms with van der Waals surface area (Å²) in [4.78, 5) is 24.7. The molecule has 2 amide bonds. The fourth-order valence-corrected chi connectivity index (χ4v) is 1.59. The molecule has 0 saturated carbocycles. The number of nitrogens with zero attached hydrogens (tertiary/aromatic N) is 1. The van der Waals surface area contributed by atoms with Crippen molar-refractivity contribution < 1.29 is 14.3 Å². The van der Waals surface area contributed by atoms with Gasteiger partial charge in [-0.15, -0.1) is 0 Å². The van der Waals surface area contributed by atoms with Crippen LogP contribution >= 0.6 is 0 Å². The van der Waals surface area contributed by atoms with Gasteiger partial charge in [-0.05, 0) is 6.92 Å². The summed E-state index contributed by atoms with van der Waals surface area (Å²) in [6.07, 6.45) is 0. The Morgan fingerprint density at radius 3 is 2.56 bits per heavy atom. The molecule has 3 unspecified atom stereocenters. The first-order chi connectivity index (χ1) is 7.45. The van der Waals surface area contributed by atoms with E-state index in [0.29, 0.717) is 13.2 Å². The van der Waals surface area contributed by atoms with Gasteiger partial charge in [0.2, 0.25) is 11.8 Å². The number of rotatable bonds is 3. The molecule has 0 aromatic heterocycles. The van der Waals surface area contributed by atoms with E-state index in [0.717, 1.165) is 0 Å². The lowest BCUT2D eigenvalue weighted by Crippen LogP contribution is -2.57. The zero-order valence-electron chi connectivity index (χ0n) is 9.68. The minimum atomic E-state index is -0.664. The fourth-order valence-electron chi connectivity index (χ4n) is 1.59. The third-order valence-corrected chi connectivity index (χ3v) is 2.92. The molecular weight excluding hydrogens is 210 g/mol. The number of hydrogen-bond donors (Lipinski definition) is 2. The van der Waals surface area contributed by atoms with E-state index in [2.05, 4.69) is 0 Å². The normalized spacial score (nSPS) is 24.9. The summed E-state index contributed by atoms with van der Waals surface area (Å²) in [6.45, 7) is 4.51. The molecule has 1 rings (SSSR count).